The molecule has 0 nitrogen and oxygen atoms in total. The van der Waals surface area contributed by atoms with Gasteiger partial charge in [0.2, 0.25) is 0 Å². The third-order valence-corrected chi connectivity index (χ3v) is 4.27. The van der Waals surface area contributed by atoms with Crippen molar-refractivity contribution in [1.29, 1.82) is 0 Å². The van der Waals surface area contributed by atoms with Crippen LogP contribution in [0.25, 0.3) is 0 Å². The third kappa shape index (κ3) is 1.34. The summed E-state index contributed by atoms with van der Waals surface area (Å²) in [6.07, 6.45) is 5.61. The Labute approximate surface area is 92.7 Å². The maximum absolute atomic E-state index is 2.50. The summed E-state index contributed by atoms with van der Waals surface area (Å²) in [5.74, 6) is 0. The highest BCUT2D eigenvalue weighted by atomic mass is 14.5. The quantitative estimate of drug-likeness (QED) is 0.594. The van der Waals surface area contributed by atoms with Crippen LogP contribution in [0.3, 0.4) is 0 Å². The fourth-order valence-corrected chi connectivity index (χ4v) is 2.93. The van der Waals surface area contributed by atoms with Gasteiger partial charge in [-0.3, -0.25) is 0 Å². The van der Waals surface area contributed by atoms with Crippen LogP contribution in [0.2, 0.25) is 0 Å². The second-order valence-electron chi connectivity index (χ2n) is 6.40. The molecule has 0 N–H and O–H groups in total. The molecule has 3 rings (SSSR count). The van der Waals surface area contributed by atoms with E-state index in [0.717, 1.165) is 0 Å². The van der Waals surface area contributed by atoms with E-state index in [2.05, 4.69) is 39.0 Å². The Bertz CT molecular complexity index is 403. The number of fused-ring (bicyclic) bond motifs is 2. The first-order chi connectivity index (χ1) is 7.01. The van der Waals surface area contributed by atoms with Crippen molar-refractivity contribution in [3.8, 4) is 0 Å². The van der Waals surface area contributed by atoms with Crippen molar-refractivity contribution in [2.45, 2.75) is 57.3 Å². The fourth-order valence-electron chi connectivity index (χ4n) is 2.93. The molecular weight excluding hydrogens is 180 g/mol. The Morgan fingerprint density at radius 2 is 1.80 bits per heavy atom. The van der Waals surface area contributed by atoms with Gasteiger partial charge in [-0.05, 0) is 53.2 Å². The third-order valence-electron chi connectivity index (χ3n) is 4.27. The predicted molar refractivity (Wildman–Crippen MR) is 64.4 cm³/mol. The lowest BCUT2D eigenvalue weighted by Crippen LogP contribution is -2.12. The van der Waals surface area contributed by atoms with Crippen LogP contribution in [-0.2, 0) is 17.3 Å². The van der Waals surface area contributed by atoms with Crippen molar-refractivity contribution in [1.82, 2.24) is 0 Å². The Hall–Kier alpha value is -0.780. The molecule has 0 unspecified atom stereocenters. The summed E-state index contributed by atoms with van der Waals surface area (Å²) in [5.41, 5.74) is 5.76. The highest BCUT2D eigenvalue weighted by molar-refractivity contribution is 5.46. The van der Waals surface area contributed by atoms with E-state index in [-0.39, 0.29) is 0 Å². The molecule has 15 heavy (non-hydrogen) atoms. The molecule has 0 radical (unpaired) electrons. The minimum Gasteiger partial charge on any atom is -0.0585 e. The summed E-state index contributed by atoms with van der Waals surface area (Å²) in [5, 5.41) is 0. The van der Waals surface area contributed by atoms with Crippen molar-refractivity contribution in [2.75, 3.05) is 0 Å². The Balaban J connectivity index is 2.10. The maximum atomic E-state index is 2.50. The van der Waals surface area contributed by atoms with Crippen LogP contribution in [0.4, 0.5) is 0 Å². The molecule has 1 aromatic rings. The van der Waals surface area contributed by atoms with Crippen LogP contribution in [0.5, 0.6) is 0 Å². The molecule has 80 valence electrons. The highest BCUT2D eigenvalue weighted by Gasteiger charge is 2.48. The van der Waals surface area contributed by atoms with E-state index in [1.54, 1.807) is 11.1 Å². The van der Waals surface area contributed by atoms with Crippen LogP contribution < -0.4 is 0 Å². The molecule has 1 spiro atoms. The average Bonchev–Trinajstić information content (AvgIpc) is 2.84. The molecule has 1 fully saturated rings. The summed E-state index contributed by atoms with van der Waals surface area (Å²) >= 11 is 0. The lowest BCUT2D eigenvalue weighted by Gasteiger charge is -2.21. The van der Waals surface area contributed by atoms with Gasteiger partial charge in [0.15, 0.2) is 0 Å². The van der Waals surface area contributed by atoms with Crippen LogP contribution in [0.1, 0.15) is 56.7 Å². The van der Waals surface area contributed by atoms with Gasteiger partial charge in [-0.15, -0.1) is 0 Å². The van der Waals surface area contributed by atoms with Gasteiger partial charge in [0.05, 0.1) is 0 Å². The lowest BCUT2D eigenvalue weighted by atomic mass is 9.84. The van der Waals surface area contributed by atoms with Gasteiger partial charge in [-0.2, -0.15) is 0 Å². The SMILES string of the molecule is CC(C)(C)c1ccc2c(c1)C1(CC2)CC1. The van der Waals surface area contributed by atoms with E-state index in [1.165, 1.54) is 31.2 Å². The zero-order chi connectivity index (χ0) is 10.7. The molecule has 0 amide bonds. The first-order valence-corrected chi connectivity index (χ1v) is 6.15. The standard InChI is InChI=1S/C15H20/c1-14(2,3)12-5-4-11-6-7-15(8-9-15)13(11)10-12/h4-5,10H,6-9H2,1-3H3. The topological polar surface area (TPSA) is 0 Å². The second kappa shape index (κ2) is 2.66. The lowest BCUT2D eigenvalue weighted by molar-refractivity contribution is 0.587. The number of rotatable bonds is 0. The molecule has 0 heterocycles. The molecule has 1 aromatic carbocycles. The summed E-state index contributed by atoms with van der Waals surface area (Å²) in [4.78, 5) is 0. The minimum absolute atomic E-state index is 0.299. The van der Waals surface area contributed by atoms with Gasteiger partial charge in [-0.25, -0.2) is 0 Å². The number of hydrogen-bond acceptors (Lipinski definition) is 0. The van der Waals surface area contributed by atoms with E-state index in [4.69, 9.17) is 0 Å². The van der Waals surface area contributed by atoms with Crippen LogP contribution in [0, 0.1) is 0 Å². The van der Waals surface area contributed by atoms with Gasteiger partial charge >= 0.3 is 0 Å². The molecule has 0 heteroatoms. The van der Waals surface area contributed by atoms with Crippen LogP contribution in [-0.4, -0.2) is 0 Å². The molecular formula is C15H20. The van der Waals surface area contributed by atoms with E-state index in [0.29, 0.717) is 10.8 Å². The second-order valence-corrected chi connectivity index (χ2v) is 6.40. The van der Waals surface area contributed by atoms with Crippen molar-refractivity contribution in [3.63, 3.8) is 0 Å². The largest absolute Gasteiger partial charge is 0.0585 e. The van der Waals surface area contributed by atoms with Gasteiger partial charge < -0.3 is 0 Å². The van der Waals surface area contributed by atoms with Gasteiger partial charge in [0.1, 0.15) is 0 Å². The van der Waals surface area contributed by atoms with E-state index in [1.807, 2.05) is 0 Å². The summed E-state index contributed by atoms with van der Waals surface area (Å²) in [7, 11) is 0. The van der Waals surface area contributed by atoms with Gasteiger partial charge in [0.25, 0.3) is 0 Å². The zero-order valence-electron chi connectivity index (χ0n) is 10.1. The average molecular weight is 200 g/mol. The van der Waals surface area contributed by atoms with E-state index in [9.17, 15) is 0 Å². The Morgan fingerprint density at radius 3 is 2.40 bits per heavy atom. The molecule has 1 saturated carbocycles. The zero-order valence-corrected chi connectivity index (χ0v) is 10.1. The number of aryl methyl sites for hydroxylation is 1. The van der Waals surface area contributed by atoms with Crippen molar-refractivity contribution >= 4 is 0 Å². The van der Waals surface area contributed by atoms with Crippen LogP contribution >= 0.6 is 0 Å². The smallest absolute Gasteiger partial charge is 0.00403 e. The van der Waals surface area contributed by atoms with Crippen molar-refractivity contribution in [2.24, 2.45) is 0 Å². The van der Waals surface area contributed by atoms with Crippen molar-refractivity contribution < 1.29 is 0 Å². The van der Waals surface area contributed by atoms with Crippen LogP contribution in [0.15, 0.2) is 18.2 Å². The van der Waals surface area contributed by atoms with Gasteiger partial charge in [0, 0.05) is 0 Å². The van der Waals surface area contributed by atoms with Crippen molar-refractivity contribution in [3.05, 3.63) is 34.9 Å². The van der Waals surface area contributed by atoms with Gasteiger partial charge in [-0.1, -0.05) is 39.0 Å². The molecule has 0 atom stereocenters. The molecule has 0 aliphatic heterocycles. The monoisotopic (exact) mass is 200 g/mol. The Kier molecular flexibility index (Phi) is 1.68. The normalized spacial score (nSPS) is 21.8. The molecule has 2 aliphatic carbocycles. The maximum Gasteiger partial charge on any atom is -0.00403 e. The fraction of sp³-hybridized carbons (Fsp3) is 0.600. The molecule has 2 aliphatic rings. The van der Waals surface area contributed by atoms with E-state index >= 15 is 0 Å². The number of hydrogen-bond donors (Lipinski definition) is 0. The summed E-state index contributed by atoms with van der Waals surface area (Å²) < 4.78 is 0. The Morgan fingerprint density at radius 1 is 1.07 bits per heavy atom. The summed E-state index contributed by atoms with van der Waals surface area (Å²) in [6, 6.07) is 7.21. The first kappa shape index (κ1) is 9.45. The van der Waals surface area contributed by atoms with E-state index < -0.39 is 0 Å². The first-order valence-electron chi connectivity index (χ1n) is 6.15. The molecule has 0 bridgehead atoms. The molecule has 0 aromatic heterocycles. The number of benzene rings is 1. The highest BCUT2D eigenvalue weighted by Crippen LogP contribution is 2.57. The predicted octanol–water partition coefficient (Wildman–Crippen LogP) is 3.96. The minimum atomic E-state index is 0.299. The summed E-state index contributed by atoms with van der Waals surface area (Å²) in [6.45, 7) is 6.93. The molecule has 0 saturated heterocycles.